The van der Waals surface area contributed by atoms with Crippen molar-refractivity contribution in [2.75, 3.05) is 0 Å². The van der Waals surface area contributed by atoms with Crippen molar-refractivity contribution < 1.29 is 4.42 Å². The van der Waals surface area contributed by atoms with Crippen LogP contribution < -0.4 is 4.50 Å². The SMILES string of the molecule is O=c1oc(-c2ccc(-c3ccccc3)cc2)c[se]1. The Balaban J connectivity index is 1.97. The Morgan fingerprint density at radius 3 is 2.00 bits per heavy atom. The van der Waals surface area contributed by atoms with Crippen LogP contribution in [0.15, 0.2) is 68.7 Å². The van der Waals surface area contributed by atoms with Crippen LogP contribution in [0.5, 0.6) is 0 Å². The first-order valence-corrected chi connectivity index (χ1v) is 7.42. The molecule has 3 heteroatoms. The van der Waals surface area contributed by atoms with Crippen LogP contribution in [0.4, 0.5) is 0 Å². The normalized spacial score (nSPS) is 10.4. The van der Waals surface area contributed by atoms with E-state index < -0.39 is 0 Å². The van der Waals surface area contributed by atoms with Crippen LogP contribution in [-0.4, -0.2) is 14.5 Å². The van der Waals surface area contributed by atoms with Crippen LogP contribution in [0.2, 0.25) is 0 Å². The Morgan fingerprint density at radius 2 is 1.39 bits per heavy atom. The molecular weight excluding hydrogens is 291 g/mol. The van der Waals surface area contributed by atoms with Crippen molar-refractivity contribution in [1.29, 1.82) is 0 Å². The summed E-state index contributed by atoms with van der Waals surface area (Å²) in [6.45, 7) is 0. The average molecular weight is 301 g/mol. The van der Waals surface area contributed by atoms with Crippen LogP contribution >= 0.6 is 0 Å². The number of benzene rings is 2. The van der Waals surface area contributed by atoms with Crippen molar-refractivity contribution in [3.63, 3.8) is 0 Å². The fourth-order valence-corrected chi connectivity index (χ4v) is 2.93. The molecule has 0 saturated heterocycles. The van der Waals surface area contributed by atoms with Gasteiger partial charge in [-0.3, -0.25) is 0 Å². The molecule has 1 heterocycles. The molecule has 0 radical (unpaired) electrons. The molecule has 88 valence electrons. The molecule has 0 fully saturated rings. The monoisotopic (exact) mass is 302 g/mol. The Labute approximate surface area is 110 Å². The third-order valence-electron chi connectivity index (χ3n) is 2.73. The Hall–Kier alpha value is -1.83. The minimum atomic E-state index is -0.159. The summed E-state index contributed by atoms with van der Waals surface area (Å²) >= 11 is -0.159. The second-order valence-corrected chi connectivity index (χ2v) is 5.58. The van der Waals surface area contributed by atoms with Crippen molar-refractivity contribution in [2.24, 2.45) is 0 Å². The summed E-state index contributed by atoms with van der Waals surface area (Å²) in [7, 11) is 0. The number of hydrogen-bond donors (Lipinski definition) is 0. The van der Waals surface area contributed by atoms with E-state index in [0.717, 1.165) is 11.1 Å². The van der Waals surface area contributed by atoms with Gasteiger partial charge in [0.15, 0.2) is 0 Å². The van der Waals surface area contributed by atoms with E-state index in [0.29, 0.717) is 5.76 Å². The van der Waals surface area contributed by atoms with E-state index in [4.69, 9.17) is 4.42 Å². The fourth-order valence-electron chi connectivity index (χ4n) is 1.82. The van der Waals surface area contributed by atoms with Gasteiger partial charge in [0.1, 0.15) is 0 Å². The second-order valence-electron chi connectivity index (χ2n) is 3.90. The molecule has 0 N–H and O–H groups in total. The first kappa shape index (κ1) is 11.3. The molecule has 0 aliphatic carbocycles. The average Bonchev–Trinajstić information content (AvgIpc) is 2.87. The van der Waals surface area contributed by atoms with E-state index in [2.05, 4.69) is 12.1 Å². The van der Waals surface area contributed by atoms with Crippen molar-refractivity contribution in [3.05, 3.63) is 68.8 Å². The quantitative estimate of drug-likeness (QED) is 0.681. The molecule has 0 atom stereocenters. The van der Waals surface area contributed by atoms with Crippen molar-refractivity contribution >= 4 is 14.5 Å². The Morgan fingerprint density at radius 1 is 0.778 bits per heavy atom. The van der Waals surface area contributed by atoms with E-state index in [-0.39, 0.29) is 19.0 Å². The summed E-state index contributed by atoms with van der Waals surface area (Å²) in [6.07, 6.45) is 0. The van der Waals surface area contributed by atoms with Gasteiger partial charge >= 0.3 is 110 Å². The van der Waals surface area contributed by atoms with Gasteiger partial charge in [0, 0.05) is 0 Å². The zero-order chi connectivity index (χ0) is 12.4. The maximum absolute atomic E-state index is 11.1. The van der Waals surface area contributed by atoms with Crippen molar-refractivity contribution in [3.8, 4) is 22.5 Å². The predicted octanol–water partition coefficient (Wildman–Crippen LogP) is 3.03. The van der Waals surface area contributed by atoms with Gasteiger partial charge < -0.3 is 0 Å². The van der Waals surface area contributed by atoms with Gasteiger partial charge in [-0.1, -0.05) is 0 Å². The predicted molar refractivity (Wildman–Crippen MR) is 72.8 cm³/mol. The third-order valence-corrected chi connectivity index (χ3v) is 4.01. The molecule has 3 aromatic rings. The second kappa shape index (κ2) is 4.81. The summed E-state index contributed by atoms with van der Waals surface area (Å²) in [5, 5.41) is 0. The Bertz CT molecular complexity index is 693. The summed E-state index contributed by atoms with van der Waals surface area (Å²) < 4.78 is 5.02. The van der Waals surface area contributed by atoms with E-state index in [1.54, 1.807) is 0 Å². The van der Waals surface area contributed by atoms with Crippen LogP contribution in [0, 0.1) is 0 Å². The maximum atomic E-state index is 11.1. The molecular formula is C15H10O2Se. The summed E-state index contributed by atoms with van der Waals surface area (Å²) in [4.78, 5) is 13.0. The minimum absolute atomic E-state index is 0.121. The Kier molecular flexibility index (Phi) is 3.01. The van der Waals surface area contributed by atoms with Crippen LogP contribution in [-0.2, 0) is 0 Å². The molecule has 2 aromatic carbocycles. The molecule has 0 aliphatic rings. The van der Waals surface area contributed by atoms with E-state index in [9.17, 15) is 4.79 Å². The number of hydrogen-bond acceptors (Lipinski definition) is 2. The van der Waals surface area contributed by atoms with E-state index in [1.807, 2.05) is 47.4 Å². The third kappa shape index (κ3) is 2.23. The first-order valence-electron chi connectivity index (χ1n) is 5.57. The topological polar surface area (TPSA) is 30.2 Å². The zero-order valence-electron chi connectivity index (χ0n) is 9.50. The number of rotatable bonds is 2. The molecule has 0 saturated carbocycles. The van der Waals surface area contributed by atoms with E-state index in [1.165, 1.54) is 5.56 Å². The van der Waals surface area contributed by atoms with Gasteiger partial charge in [0.05, 0.1) is 0 Å². The van der Waals surface area contributed by atoms with Crippen LogP contribution in [0.1, 0.15) is 0 Å². The zero-order valence-corrected chi connectivity index (χ0v) is 11.2. The molecule has 3 rings (SSSR count). The van der Waals surface area contributed by atoms with Gasteiger partial charge in [0.2, 0.25) is 0 Å². The van der Waals surface area contributed by atoms with Gasteiger partial charge in [-0.15, -0.1) is 0 Å². The van der Waals surface area contributed by atoms with Crippen LogP contribution in [0.25, 0.3) is 22.5 Å². The summed E-state index contributed by atoms with van der Waals surface area (Å²) in [5.74, 6) is 0.694. The molecule has 2 nitrogen and oxygen atoms in total. The van der Waals surface area contributed by atoms with Gasteiger partial charge in [0.25, 0.3) is 0 Å². The molecule has 0 unspecified atom stereocenters. The van der Waals surface area contributed by atoms with Gasteiger partial charge in [-0.25, -0.2) is 0 Å². The molecule has 0 spiro atoms. The van der Waals surface area contributed by atoms with Gasteiger partial charge in [-0.05, 0) is 0 Å². The molecule has 0 bridgehead atoms. The molecule has 1 aromatic heterocycles. The van der Waals surface area contributed by atoms with Crippen LogP contribution in [0.3, 0.4) is 0 Å². The van der Waals surface area contributed by atoms with E-state index >= 15 is 0 Å². The standard InChI is InChI=1S/C15H10O2Se/c16-15-17-14(10-18-15)13-8-6-12(7-9-13)11-4-2-1-3-5-11/h1-10H. The summed E-state index contributed by atoms with van der Waals surface area (Å²) in [5.41, 5.74) is 3.31. The molecule has 0 amide bonds. The van der Waals surface area contributed by atoms with Crippen molar-refractivity contribution in [1.82, 2.24) is 0 Å². The van der Waals surface area contributed by atoms with Crippen molar-refractivity contribution in [2.45, 2.75) is 0 Å². The molecule has 18 heavy (non-hydrogen) atoms. The molecule has 0 aliphatic heterocycles. The van der Waals surface area contributed by atoms with Gasteiger partial charge in [-0.2, -0.15) is 0 Å². The fraction of sp³-hybridized carbons (Fsp3) is 0. The summed E-state index contributed by atoms with van der Waals surface area (Å²) in [6, 6.07) is 18.3. The first-order chi connectivity index (χ1) is 8.83.